The highest BCUT2D eigenvalue weighted by molar-refractivity contribution is 5.93. The highest BCUT2D eigenvalue weighted by Crippen LogP contribution is 2.32. The summed E-state index contributed by atoms with van der Waals surface area (Å²) in [4.78, 5) is 7.17. The summed E-state index contributed by atoms with van der Waals surface area (Å²) in [7, 11) is 2.22. The third-order valence-electron chi connectivity index (χ3n) is 5.59. The van der Waals surface area contributed by atoms with E-state index in [1.165, 1.54) is 34.4 Å². The molecule has 0 fully saturated rings. The van der Waals surface area contributed by atoms with Gasteiger partial charge in [-0.15, -0.1) is 0 Å². The Bertz CT molecular complexity index is 732. The van der Waals surface area contributed by atoms with Crippen molar-refractivity contribution in [3.63, 3.8) is 0 Å². The molecule has 0 aliphatic heterocycles. The second-order valence-corrected chi connectivity index (χ2v) is 7.23. The van der Waals surface area contributed by atoms with Crippen LogP contribution in [0.25, 0.3) is 0 Å². The summed E-state index contributed by atoms with van der Waals surface area (Å²) in [6, 6.07) is 12.9. The lowest BCUT2D eigenvalue weighted by molar-refractivity contribution is 0.452. The highest BCUT2D eigenvalue weighted by atomic mass is 15.1. The van der Waals surface area contributed by atoms with Crippen molar-refractivity contribution in [2.75, 3.05) is 11.9 Å². The predicted octanol–water partition coefficient (Wildman–Crippen LogP) is 6.23. The van der Waals surface area contributed by atoms with Crippen LogP contribution in [0.15, 0.2) is 41.4 Å². The largest absolute Gasteiger partial charge is 0.371 e. The summed E-state index contributed by atoms with van der Waals surface area (Å²) in [5, 5.41) is 0. The van der Waals surface area contributed by atoms with Crippen LogP contribution in [-0.4, -0.2) is 19.3 Å². The van der Waals surface area contributed by atoms with E-state index in [0.717, 1.165) is 5.69 Å². The molecule has 0 aromatic heterocycles. The number of hydrogen-bond donors (Lipinski definition) is 0. The average Bonchev–Trinajstić information content (AvgIpc) is 2.62. The monoisotopic (exact) mass is 336 g/mol. The van der Waals surface area contributed by atoms with Crippen molar-refractivity contribution >= 4 is 17.6 Å². The van der Waals surface area contributed by atoms with Crippen molar-refractivity contribution in [3.05, 3.63) is 58.7 Å². The number of para-hydroxylation sites is 1. The van der Waals surface area contributed by atoms with Crippen LogP contribution in [0.4, 0.5) is 11.4 Å². The first kappa shape index (κ1) is 19.2. The zero-order valence-electron chi connectivity index (χ0n) is 16.8. The Morgan fingerprint density at radius 3 is 2.28 bits per heavy atom. The highest BCUT2D eigenvalue weighted by Gasteiger charge is 2.21. The fourth-order valence-corrected chi connectivity index (χ4v) is 3.31. The Morgan fingerprint density at radius 2 is 1.68 bits per heavy atom. The van der Waals surface area contributed by atoms with Crippen molar-refractivity contribution in [3.8, 4) is 0 Å². The molecule has 2 aromatic rings. The summed E-state index contributed by atoms with van der Waals surface area (Å²) in [6.45, 7) is 13.5. The molecule has 25 heavy (non-hydrogen) atoms. The maximum absolute atomic E-state index is 4.74. The molecular weight excluding hydrogens is 304 g/mol. The minimum Gasteiger partial charge on any atom is -0.371 e. The number of anilines is 1. The Balaban J connectivity index is 2.52. The maximum atomic E-state index is 4.74. The molecule has 0 amide bonds. The standard InChI is InChI=1S/C23H32N2/c1-8-16(2)20(6)25(7)23-18(4)14-17(3)19(5)22(23)15-24-21-12-10-9-11-13-21/h9-16,20H,8H2,1-7H3. The summed E-state index contributed by atoms with van der Waals surface area (Å²) < 4.78 is 0. The lowest BCUT2D eigenvalue weighted by atomic mass is 9.94. The van der Waals surface area contributed by atoms with E-state index in [4.69, 9.17) is 4.99 Å². The molecule has 134 valence electrons. The first-order chi connectivity index (χ1) is 11.9. The average molecular weight is 337 g/mol. The molecular formula is C23H32N2. The molecule has 0 aliphatic carbocycles. The first-order valence-electron chi connectivity index (χ1n) is 9.29. The molecule has 0 N–H and O–H groups in total. The second-order valence-electron chi connectivity index (χ2n) is 7.23. The van der Waals surface area contributed by atoms with E-state index in [0.29, 0.717) is 12.0 Å². The van der Waals surface area contributed by atoms with Crippen LogP contribution in [0.2, 0.25) is 0 Å². The number of rotatable bonds is 6. The number of hydrogen-bond acceptors (Lipinski definition) is 2. The summed E-state index contributed by atoms with van der Waals surface area (Å²) >= 11 is 0. The van der Waals surface area contributed by atoms with Gasteiger partial charge in [0.1, 0.15) is 0 Å². The van der Waals surface area contributed by atoms with Gasteiger partial charge < -0.3 is 4.90 Å². The van der Waals surface area contributed by atoms with Gasteiger partial charge in [0.15, 0.2) is 0 Å². The van der Waals surface area contributed by atoms with E-state index in [2.05, 4.69) is 59.6 Å². The predicted molar refractivity (Wildman–Crippen MR) is 112 cm³/mol. The van der Waals surface area contributed by atoms with Crippen molar-refractivity contribution in [1.29, 1.82) is 0 Å². The van der Waals surface area contributed by atoms with Gasteiger partial charge in [-0.1, -0.05) is 44.5 Å². The fourth-order valence-electron chi connectivity index (χ4n) is 3.31. The van der Waals surface area contributed by atoms with Crippen molar-refractivity contribution in [1.82, 2.24) is 0 Å². The van der Waals surface area contributed by atoms with Gasteiger partial charge >= 0.3 is 0 Å². The molecule has 0 bridgehead atoms. The molecule has 0 aliphatic rings. The number of nitrogens with zero attached hydrogens (tertiary/aromatic N) is 2. The Kier molecular flexibility index (Phi) is 6.41. The first-order valence-corrected chi connectivity index (χ1v) is 9.29. The number of aliphatic imine (C=N–C) groups is 1. The Morgan fingerprint density at radius 1 is 1.04 bits per heavy atom. The van der Waals surface area contributed by atoms with Gasteiger partial charge in [0.2, 0.25) is 0 Å². The van der Waals surface area contributed by atoms with Gasteiger partial charge in [-0.3, -0.25) is 4.99 Å². The molecule has 0 radical (unpaired) electrons. The van der Waals surface area contributed by atoms with Crippen molar-refractivity contribution in [2.24, 2.45) is 10.9 Å². The molecule has 0 spiro atoms. The van der Waals surface area contributed by atoms with Gasteiger partial charge in [0.25, 0.3) is 0 Å². The molecule has 2 unspecified atom stereocenters. The summed E-state index contributed by atoms with van der Waals surface area (Å²) in [6.07, 6.45) is 3.22. The quantitative estimate of drug-likeness (QED) is 0.571. The smallest absolute Gasteiger partial charge is 0.0629 e. The molecule has 0 saturated heterocycles. The molecule has 0 saturated carbocycles. The third-order valence-corrected chi connectivity index (χ3v) is 5.59. The van der Waals surface area contributed by atoms with E-state index in [-0.39, 0.29) is 0 Å². The fraction of sp³-hybridized carbons (Fsp3) is 0.435. The zero-order chi connectivity index (χ0) is 18.6. The second kappa shape index (κ2) is 8.33. The van der Waals surface area contributed by atoms with Crippen LogP contribution >= 0.6 is 0 Å². The Labute approximate surface area is 153 Å². The van der Waals surface area contributed by atoms with Crippen LogP contribution in [0.3, 0.4) is 0 Å². The Hall–Kier alpha value is -2.09. The van der Waals surface area contributed by atoms with Crippen LogP contribution < -0.4 is 4.90 Å². The van der Waals surface area contributed by atoms with Crippen molar-refractivity contribution < 1.29 is 0 Å². The van der Waals surface area contributed by atoms with E-state index in [1.807, 2.05) is 36.5 Å². The lowest BCUT2D eigenvalue weighted by Gasteiger charge is -2.34. The van der Waals surface area contributed by atoms with Crippen LogP contribution in [0, 0.1) is 26.7 Å². The normalized spacial score (nSPS) is 13.9. The maximum Gasteiger partial charge on any atom is 0.0629 e. The van der Waals surface area contributed by atoms with E-state index in [9.17, 15) is 0 Å². The minimum atomic E-state index is 0.481. The summed E-state index contributed by atoms with van der Waals surface area (Å²) in [5.41, 5.74) is 7.47. The molecule has 2 heteroatoms. The third kappa shape index (κ3) is 4.31. The minimum absolute atomic E-state index is 0.481. The SMILES string of the molecule is CCC(C)C(C)N(C)c1c(C)cc(C)c(C)c1C=Nc1ccccc1. The molecule has 2 atom stereocenters. The van der Waals surface area contributed by atoms with Gasteiger partial charge in [-0.05, 0) is 62.4 Å². The van der Waals surface area contributed by atoms with E-state index < -0.39 is 0 Å². The van der Waals surface area contributed by atoms with Gasteiger partial charge in [0, 0.05) is 30.6 Å². The molecule has 2 aromatic carbocycles. The van der Waals surface area contributed by atoms with E-state index in [1.54, 1.807) is 0 Å². The molecule has 0 heterocycles. The van der Waals surface area contributed by atoms with Crippen LogP contribution in [0.1, 0.15) is 49.4 Å². The zero-order valence-corrected chi connectivity index (χ0v) is 16.8. The summed E-state index contributed by atoms with van der Waals surface area (Å²) in [5.74, 6) is 0.643. The van der Waals surface area contributed by atoms with Crippen LogP contribution in [-0.2, 0) is 0 Å². The van der Waals surface area contributed by atoms with Crippen LogP contribution in [0.5, 0.6) is 0 Å². The molecule has 2 nitrogen and oxygen atoms in total. The number of aryl methyl sites for hydroxylation is 2. The van der Waals surface area contributed by atoms with Gasteiger partial charge in [0.05, 0.1) is 5.69 Å². The van der Waals surface area contributed by atoms with Gasteiger partial charge in [-0.2, -0.15) is 0 Å². The molecule has 2 rings (SSSR count). The van der Waals surface area contributed by atoms with Crippen molar-refractivity contribution in [2.45, 2.75) is 54.0 Å². The number of benzene rings is 2. The van der Waals surface area contributed by atoms with Gasteiger partial charge in [-0.25, -0.2) is 0 Å². The topological polar surface area (TPSA) is 15.6 Å². The lowest BCUT2D eigenvalue weighted by Crippen LogP contribution is -2.35. The van der Waals surface area contributed by atoms with E-state index >= 15 is 0 Å².